The van der Waals surface area contributed by atoms with Crippen molar-refractivity contribution in [2.24, 2.45) is 0 Å². The lowest BCUT2D eigenvalue weighted by molar-refractivity contribution is -0.145. The predicted molar refractivity (Wildman–Crippen MR) is 48.4 cm³/mol. The summed E-state index contributed by atoms with van der Waals surface area (Å²) in [6.45, 7) is 0. The molecular weight excluding hydrogens is 296 g/mol. The Morgan fingerprint density at radius 3 is 2.58 bits per heavy atom. The van der Waals surface area contributed by atoms with E-state index < -0.39 is 29.1 Å². The highest BCUT2D eigenvalue weighted by Gasteiger charge is 2.45. The highest BCUT2D eigenvalue weighted by atomic mass is 79.9. The number of cyclic esters (lactones) is 1. The van der Waals surface area contributed by atoms with Crippen LogP contribution in [0.1, 0.15) is 0 Å². The van der Waals surface area contributed by atoms with Crippen LogP contribution < -0.4 is 0 Å². The Hall–Kier alpha value is 0.350. The number of hydrogen-bond donors (Lipinski definition) is 2. The number of alkyl halides is 2. The predicted octanol–water partition coefficient (Wildman–Crippen LogP) is -0.208. The van der Waals surface area contributed by atoms with Gasteiger partial charge in [-0.3, -0.25) is 4.79 Å². The summed E-state index contributed by atoms with van der Waals surface area (Å²) in [4.78, 5) is 10.1. The molecule has 1 heterocycles. The summed E-state index contributed by atoms with van der Waals surface area (Å²) in [7, 11) is 0. The zero-order valence-electron chi connectivity index (χ0n) is 5.98. The fraction of sp³-hybridized carbons (Fsp3) is 0.833. The van der Waals surface area contributed by atoms with E-state index in [1.807, 2.05) is 0 Å². The molecule has 0 bridgehead atoms. The number of halogens is 2. The smallest absolute Gasteiger partial charge is 0.323 e. The Bertz CT molecular complexity index is 186. The van der Waals surface area contributed by atoms with Gasteiger partial charge in [0.1, 0.15) is 17.0 Å². The van der Waals surface area contributed by atoms with Gasteiger partial charge in [0.2, 0.25) is 0 Å². The highest BCUT2D eigenvalue weighted by Crippen LogP contribution is 2.24. The molecule has 1 fully saturated rings. The summed E-state index contributed by atoms with van der Waals surface area (Å²) < 4.78 is 4.72. The van der Waals surface area contributed by atoms with Gasteiger partial charge in [0.15, 0.2) is 6.10 Å². The van der Waals surface area contributed by atoms with Gasteiger partial charge < -0.3 is 14.9 Å². The summed E-state index contributed by atoms with van der Waals surface area (Å²) in [5, 5.41) is 18.9. The maximum atomic E-state index is 10.9. The molecule has 0 radical (unpaired) electrons. The molecular formula is C6H8Br2O4. The summed E-state index contributed by atoms with van der Waals surface area (Å²) in [6, 6.07) is 0. The zero-order valence-corrected chi connectivity index (χ0v) is 9.16. The fourth-order valence-corrected chi connectivity index (χ4v) is 1.75. The molecule has 0 aromatic carbocycles. The van der Waals surface area contributed by atoms with E-state index in [0.29, 0.717) is 0 Å². The van der Waals surface area contributed by atoms with Crippen LogP contribution in [0.3, 0.4) is 0 Å². The molecule has 6 heteroatoms. The van der Waals surface area contributed by atoms with Gasteiger partial charge >= 0.3 is 5.97 Å². The summed E-state index contributed by atoms with van der Waals surface area (Å²) >= 11 is 5.98. The van der Waals surface area contributed by atoms with Crippen LogP contribution in [-0.4, -0.2) is 44.7 Å². The second kappa shape index (κ2) is 4.04. The van der Waals surface area contributed by atoms with E-state index in [9.17, 15) is 15.0 Å². The topological polar surface area (TPSA) is 66.8 Å². The van der Waals surface area contributed by atoms with Crippen LogP contribution in [0.25, 0.3) is 0 Å². The van der Waals surface area contributed by atoms with Gasteiger partial charge in [-0.25, -0.2) is 0 Å². The Kier molecular flexibility index (Phi) is 3.51. The van der Waals surface area contributed by atoms with Crippen molar-refractivity contribution in [2.75, 3.05) is 5.33 Å². The number of carbonyl (C=O) groups is 1. The first kappa shape index (κ1) is 10.4. The van der Waals surface area contributed by atoms with Crippen LogP contribution in [-0.2, 0) is 9.53 Å². The molecule has 4 atom stereocenters. The largest absolute Gasteiger partial charge is 0.456 e. The van der Waals surface area contributed by atoms with E-state index in [-0.39, 0.29) is 5.33 Å². The number of aliphatic hydroxyl groups excluding tert-OH is 2. The van der Waals surface area contributed by atoms with Crippen molar-refractivity contribution < 1.29 is 19.7 Å². The van der Waals surface area contributed by atoms with E-state index in [2.05, 4.69) is 31.9 Å². The van der Waals surface area contributed by atoms with Crippen molar-refractivity contribution in [3.05, 3.63) is 0 Å². The van der Waals surface area contributed by atoms with E-state index in [1.54, 1.807) is 0 Å². The number of rotatable bonds is 2. The Labute approximate surface area is 86.2 Å². The summed E-state index contributed by atoms with van der Waals surface area (Å²) in [5.74, 6) is -0.535. The molecule has 0 aromatic heterocycles. The minimum Gasteiger partial charge on any atom is -0.456 e. The lowest BCUT2D eigenvalue weighted by Gasteiger charge is -2.17. The molecule has 1 aliphatic heterocycles. The van der Waals surface area contributed by atoms with Gasteiger partial charge in [0.25, 0.3) is 0 Å². The van der Waals surface area contributed by atoms with Gasteiger partial charge in [-0.05, 0) is 0 Å². The molecule has 0 saturated carbocycles. The lowest BCUT2D eigenvalue weighted by atomic mass is 10.1. The molecule has 70 valence electrons. The number of carbonyl (C=O) groups excluding carboxylic acids is 1. The monoisotopic (exact) mass is 302 g/mol. The third-order valence-electron chi connectivity index (χ3n) is 1.65. The quantitative estimate of drug-likeness (QED) is 0.547. The number of ether oxygens (including phenoxy) is 1. The third kappa shape index (κ3) is 1.81. The standard InChI is InChI=1S/C6H8Br2O4/c7-1-2(9)5-4(10)3(8)6(11)12-5/h2-5,9-10H,1H2/t2-,3-,4-,5-/m1/s1. The Balaban J connectivity index is 2.64. The van der Waals surface area contributed by atoms with Crippen LogP contribution in [0, 0.1) is 0 Å². The fourth-order valence-electron chi connectivity index (χ4n) is 0.969. The normalized spacial score (nSPS) is 38.0. The van der Waals surface area contributed by atoms with Crippen molar-refractivity contribution in [1.29, 1.82) is 0 Å². The lowest BCUT2D eigenvalue weighted by Crippen LogP contribution is -2.37. The average Bonchev–Trinajstić information content (AvgIpc) is 2.32. The second-order valence-corrected chi connectivity index (χ2v) is 4.15. The molecule has 1 rings (SSSR count). The SMILES string of the molecule is O=C1O[C@H]([C@H](O)CBr)[C@H](O)[C@H]1Br. The first-order valence-corrected chi connectivity index (χ1v) is 5.38. The molecule has 0 unspecified atom stereocenters. The number of esters is 1. The maximum absolute atomic E-state index is 10.9. The van der Waals surface area contributed by atoms with Crippen molar-refractivity contribution in [1.82, 2.24) is 0 Å². The highest BCUT2D eigenvalue weighted by molar-refractivity contribution is 9.10. The number of hydrogen-bond acceptors (Lipinski definition) is 4. The Morgan fingerprint density at radius 2 is 2.25 bits per heavy atom. The van der Waals surface area contributed by atoms with Crippen molar-refractivity contribution in [3.63, 3.8) is 0 Å². The molecule has 12 heavy (non-hydrogen) atoms. The Morgan fingerprint density at radius 1 is 1.67 bits per heavy atom. The van der Waals surface area contributed by atoms with Crippen molar-refractivity contribution in [3.8, 4) is 0 Å². The first-order valence-electron chi connectivity index (χ1n) is 3.34. The van der Waals surface area contributed by atoms with Gasteiger partial charge in [-0.1, -0.05) is 31.9 Å². The summed E-state index contributed by atoms with van der Waals surface area (Å²) in [6.07, 6.45) is -2.68. The second-order valence-electron chi connectivity index (χ2n) is 2.52. The molecule has 1 aliphatic rings. The van der Waals surface area contributed by atoms with Crippen molar-refractivity contribution >= 4 is 37.8 Å². The average molecular weight is 304 g/mol. The van der Waals surface area contributed by atoms with Gasteiger partial charge in [0, 0.05) is 5.33 Å². The van der Waals surface area contributed by atoms with Gasteiger partial charge in [0.05, 0.1) is 0 Å². The van der Waals surface area contributed by atoms with E-state index in [0.717, 1.165) is 0 Å². The third-order valence-corrected chi connectivity index (χ3v) is 3.23. The van der Waals surface area contributed by atoms with E-state index in [4.69, 9.17) is 4.74 Å². The molecule has 2 N–H and O–H groups in total. The van der Waals surface area contributed by atoms with Crippen LogP contribution in [0.2, 0.25) is 0 Å². The zero-order chi connectivity index (χ0) is 9.30. The summed E-state index contributed by atoms with van der Waals surface area (Å²) in [5.41, 5.74) is 0. The molecule has 0 aromatic rings. The molecule has 0 aliphatic carbocycles. The molecule has 0 amide bonds. The van der Waals surface area contributed by atoms with Gasteiger partial charge in [-0.15, -0.1) is 0 Å². The van der Waals surface area contributed by atoms with E-state index >= 15 is 0 Å². The van der Waals surface area contributed by atoms with Crippen LogP contribution in [0.15, 0.2) is 0 Å². The maximum Gasteiger partial charge on any atom is 0.323 e. The molecule has 4 nitrogen and oxygen atoms in total. The van der Waals surface area contributed by atoms with Crippen molar-refractivity contribution in [2.45, 2.75) is 23.1 Å². The molecule has 1 saturated heterocycles. The minimum atomic E-state index is -0.981. The van der Waals surface area contributed by atoms with Crippen LogP contribution in [0.5, 0.6) is 0 Å². The van der Waals surface area contributed by atoms with Crippen LogP contribution in [0.4, 0.5) is 0 Å². The van der Waals surface area contributed by atoms with Crippen LogP contribution >= 0.6 is 31.9 Å². The van der Waals surface area contributed by atoms with E-state index in [1.165, 1.54) is 0 Å². The number of aliphatic hydroxyl groups is 2. The van der Waals surface area contributed by atoms with Gasteiger partial charge in [-0.2, -0.15) is 0 Å². The first-order chi connectivity index (χ1) is 5.57. The minimum absolute atomic E-state index is 0.266. The molecule has 0 spiro atoms.